The van der Waals surface area contributed by atoms with Crippen LogP contribution in [0.5, 0.6) is 11.6 Å². The standard InChI is InChI=1S/C14H16F2N4O2/c1-9-6-13(19-18-7-9)21-8-10-11(20(2)17)4-3-5-12(10)22-14(15)16/h3-7,14H,8,17H2,1-2H3. The molecule has 2 aromatic rings. The first kappa shape index (κ1) is 15.9. The van der Waals surface area contributed by atoms with Crippen molar-refractivity contribution in [2.45, 2.75) is 20.1 Å². The molecule has 0 aliphatic rings. The van der Waals surface area contributed by atoms with Gasteiger partial charge >= 0.3 is 6.61 Å². The molecule has 0 unspecified atom stereocenters. The molecule has 22 heavy (non-hydrogen) atoms. The Morgan fingerprint density at radius 1 is 1.36 bits per heavy atom. The van der Waals surface area contributed by atoms with Crippen LogP contribution in [0.3, 0.4) is 0 Å². The molecule has 1 aromatic carbocycles. The predicted octanol–water partition coefficient (Wildman–Crippen LogP) is 2.28. The van der Waals surface area contributed by atoms with Crippen molar-refractivity contribution in [3.8, 4) is 11.6 Å². The molecule has 0 saturated carbocycles. The van der Waals surface area contributed by atoms with Gasteiger partial charge in [0.15, 0.2) is 0 Å². The summed E-state index contributed by atoms with van der Waals surface area (Å²) in [5, 5.41) is 8.88. The van der Waals surface area contributed by atoms with Crippen molar-refractivity contribution < 1.29 is 18.3 Å². The van der Waals surface area contributed by atoms with E-state index < -0.39 is 6.61 Å². The monoisotopic (exact) mass is 310 g/mol. The lowest BCUT2D eigenvalue weighted by Crippen LogP contribution is -2.27. The van der Waals surface area contributed by atoms with Crippen molar-refractivity contribution in [2.75, 3.05) is 12.1 Å². The summed E-state index contributed by atoms with van der Waals surface area (Å²) in [5.41, 5.74) is 1.79. The predicted molar refractivity (Wildman–Crippen MR) is 76.8 cm³/mol. The number of hydrogen-bond acceptors (Lipinski definition) is 6. The Morgan fingerprint density at radius 2 is 2.14 bits per heavy atom. The minimum Gasteiger partial charge on any atom is -0.471 e. The van der Waals surface area contributed by atoms with Gasteiger partial charge in [-0.2, -0.15) is 13.9 Å². The van der Waals surface area contributed by atoms with E-state index in [1.54, 1.807) is 31.4 Å². The van der Waals surface area contributed by atoms with Crippen LogP contribution in [-0.4, -0.2) is 23.9 Å². The van der Waals surface area contributed by atoms with Crippen LogP contribution >= 0.6 is 0 Å². The molecule has 0 saturated heterocycles. The molecule has 0 aliphatic carbocycles. The largest absolute Gasteiger partial charge is 0.471 e. The topological polar surface area (TPSA) is 73.5 Å². The van der Waals surface area contributed by atoms with Crippen molar-refractivity contribution >= 4 is 5.69 Å². The minimum atomic E-state index is -2.93. The number of aromatic nitrogens is 2. The number of hydrazine groups is 1. The van der Waals surface area contributed by atoms with Crippen molar-refractivity contribution in [2.24, 2.45) is 5.84 Å². The smallest absolute Gasteiger partial charge is 0.387 e. The molecular formula is C14H16F2N4O2. The number of halogens is 2. The first-order valence-corrected chi connectivity index (χ1v) is 6.44. The zero-order valence-electron chi connectivity index (χ0n) is 12.2. The van der Waals surface area contributed by atoms with Crippen LogP contribution in [0.25, 0.3) is 0 Å². The summed E-state index contributed by atoms with van der Waals surface area (Å²) >= 11 is 0. The molecular weight excluding hydrogens is 294 g/mol. The molecule has 0 atom stereocenters. The number of benzene rings is 1. The zero-order valence-corrected chi connectivity index (χ0v) is 12.2. The number of aryl methyl sites for hydroxylation is 1. The van der Waals surface area contributed by atoms with E-state index in [4.69, 9.17) is 10.6 Å². The number of ether oxygens (including phenoxy) is 2. The van der Waals surface area contributed by atoms with Gasteiger partial charge in [-0.25, -0.2) is 5.84 Å². The van der Waals surface area contributed by atoms with Gasteiger partial charge in [0.2, 0.25) is 5.88 Å². The van der Waals surface area contributed by atoms with Crippen LogP contribution in [0, 0.1) is 6.92 Å². The van der Waals surface area contributed by atoms with Crippen molar-refractivity contribution in [3.63, 3.8) is 0 Å². The van der Waals surface area contributed by atoms with Crippen molar-refractivity contribution in [3.05, 3.63) is 41.6 Å². The highest BCUT2D eigenvalue weighted by atomic mass is 19.3. The summed E-state index contributed by atoms with van der Waals surface area (Å²) in [4.78, 5) is 0. The van der Waals surface area contributed by atoms with E-state index >= 15 is 0 Å². The number of nitrogens with two attached hydrogens (primary N) is 1. The third-order valence-electron chi connectivity index (χ3n) is 2.84. The lowest BCUT2D eigenvalue weighted by Gasteiger charge is -2.20. The Kier molecular flexibility index (Phi) is 5.05. The van der Waals surface area contributed by atoms with Gasteiger partial charge in [0.05, 0.1) is 17.4 Å². The van der Waals surface area contributed by atoms with E-state index in [1.165, 1.54) is 11.1 Å². The third kappa shape index (κ3) is 4.01. The summed E-state index contributed by atoms with van der Waals surface area (Å²) < 4.78 is 35.1. The Hall–Kier alpha value is -2.48. The maximum absolute atomic E-state index is 12.5. The summed E-state index contributed by atoms with van der Waals surface area (Å²) in [5.74, 6) is 6.01. The van der Waals surface area contributed by atoms with Crippen molar-refractivity contribution in [1.82, 2.24) is 10.2 Å². The summed E-state index contributed by atoms with van der Waals surface area (Å²) in [7, 11) is 1.59. The van der Waals surface area contributed by atoms with E-state index in [1.807, 2.05) is 6.92 Å². The second-order valence-electron chi connectivity index (χ2n) is 4.60. The molecule has 1 aromatic heterocycles. The molecule has 2 N–H and O–H groups in total. The number of hydrogen-bond donors (Lipinski definition) is 1. The maximum atomic E-state index is 12.5. The van der Waals surface area contributed by atoms with Crippen LogP contribution in [0.4, 0.5) is 14.5 Å². The fraction of sp³-hybridized carbons (Fsp3) is 0.286. The Bertz CT molecular complexity index is 638. The van der Waals surface area contributed by atoms with Gasteiger partial charge in [-0.1, -0.05) is 6.07 Å². The quantitative estimate of drug-likeness (QED) is 0.652. The van der Waals surface area contributed by atoms with E-state index in [0.717, 1.165) is 5.56 Å². The summed E-state index contributed by atoms with van der Waals surface area (Å²) in [6.45, 7) is -1.12. The fourth-order valence-electron chi connectivity index (χ4n) is 1.89. The van der Waals surface area contributed by atoms with Crippen molar-refractivity contribution in [1.29, 1.82) is 0 Å². The molecule has 0 aliphatic heterocycles. The zero-order chi connectivity index (χ0) is 16.1. The van der Waals surface area contributed by atoms with Gasteiger partial charge in [-0.15, -0.1) is 5.10 Å². The van der Waals surface area contributed by atoms with Gasteiger partial charge in [0, 0.05) is 13.1 Å². The lowest BCUT2D eigenvalue weighted by atomic mass is 10.1. The SMILES string of the molecule is Cc1cnnc(OCc2c(OC(F)F)cccc2N(C)N)c1. The molecule has 0 amide bonds. The van der Waals surface area contributed by atoms with Crippen LogP contribution in [0.1, 0.15) is 11.1 Å². The molecule has 0 fully saturated rings. The summed E-state index contributed by atoms with van der Waals surface area (Å²) in [6.07, 6.45) is 1.58. The van der Waals surface area contributed by atoms with Crippen LogP contribution in [-0.2, 0) is 6.61 Å². The average Bonchev–Trinajstić information content (AvgIpc) is 2.45. The van der Waals surface area contributed by atoms with E-state index in [-0.39, 0.29) is 18.2 Å². The number of rotatable bonds is 6. The highest BCUT2D eigenvalue weighted by Gasteiger charge is 2.16. The van der Waals surface area contributed by atoms with E-state index in [9.17, 15) is 8.78 Å². The minimum absolute atomic E-state index is 0.00501. The first-order valence-electron chi connectivity index (χ1n) is 6.44. The van der Waals surface area contributed by atoms with Gasteiger partial charge in [-0.3, -0.25) is 0 Å². The van der Waals surface area contributed by atoms with Gasteiger partial charge < -0.3 is 14.5 Å². The highest BCUT2D eigenvalue weighted by Crippen LogP contribution is 2.30. The molecule has 6 nitrogen and oxygen atoms in total. The normalized spacial score (nSPS) is 10.6. The first-order chi connectivity index (χ1) is 10.5. The van der Waals surface area contributed by atoms with Crippen LogP contribution in [0.2, 0.25) is 0 Å². The van der Waals surface area contributed by atoms with E-state index in [0.29, 0.717) is 11.3 Å². The maximum Gasteiger partial charge on any atom is 0.387 e. The number of alkyl halides is 2. The number of nitrogens with zero attached hydrogens (tertiary/aromatic N) is 3. The summed E-state index contributed by atoms with van der Waals surface area (Å²) in [6, 6.07) is 6.38. The molecule has 2 rings (SSSR count). The van der Waals surface area contributed by atoms with Crippen LogP contribution in [0.15, 0.2) is 30.5 Å². The molecule has 8 heteroatoms. The molecule has 1 heterocycles. The molecule has 0 spiro atoms. The highest BCUT2D eigenvalue weighted by molar-refractivity contribution is 5.58. The lowest BCUT2D eigenvalue weighted by molar-refractivity contribution is -0.0508. The van der Waals surface area contributed by atoms with Gasteiger partial charge in [0.1, 0.15) is 12.4 Å². The fourth-order valence-corrected chi connectivity index (χ4v) is 1.89. The Labute approximate surface area is 126 Å². The van der Waals surface area contributed by atoms with Gasteiger partial charge in [0.25, 0.3) is 0 Å². The average molecular weight is 310 g/mol. The molecule has 118 valence electrons. The van der Waals surface area contributed by atoms with E-state index in [2.05, 4.69) is 14.9 Å². The second kappa shape index (κ2) is 6.99. The Balaban J connectivity index is 2.26. The van der Waals surface area contributed by atoms with Crippen LogP contribution < -0.4 is 20.3 Å². The molecule has 0 bridgehead atoms. The second-order valence-corrected chi connectivity index (χ2v) is 4.60. The Morgan fingerprint density at radius 3 is 2.77 bits per heavy atom. The third-order valence-corrected chi connectivity index (χ3v) is 2.84. The number of anilines is 1. The van der Waals surface area contributed by atoms with Gasteiger partial charge in [-0.05, 0) is 24.6 Å². The molecule has 0 radical (unpaired) electrons.